The predicted molar refractivity (Wildman–Crippen MR) is 63.4 cm³/mol. The van der Waals surface area contributed by atoms with Gasteiger partial charge in [0.25, 0.3) is 5.56 Å². The smallest absolute Gasteiger partial charge is 0.259 e. The maximum atomic E-state index is 11.8. The topological polar surface area (TPSA) is 87.3 Å². The van der Waals surface area contributed by atoms with Crippen molar-refractivity contribution in [3.63, 3.8) is 0 Å². The number of rotatable bonds is 2. The second-order valence-electron chi connectivity index (χ2n) is 5.20. The van der Waals surface area contributed by atoms with Gasteiger partial charge in [-0.05, 0) is 29.2 Å². The minimum atomic E-state index is -0.187. The fourth-order valence-electron chi connectivity index (χ4n) is 1.64. The lowest BCUT2D eigenvalue weighted by molar-refractivity contribution is 0.406. The van der Waals surface area contributed by atoms with Gasteiger partial charge in [-0.2, -0.15) is 5.21 Å². The lowest BCUT2D eigenvalue weighted by atomic mass is 9.90. The van der Waals surface area contributed by atoms with E-state index >= 15 is 0 Å². The van der Waals surface area contributed by atoms with E-state index in [0.717, 1.165) is 12.1 Å². The Hall–Kier alpha value is -1.98. The van der Waals surface area contributed by atoms with Crippen LogP contribution >= 0.6 is 0 Å². The van der Waals surface area contributed by atoms with E-state index in [0.29, 0.717) is 11.4 Å². The average molecular weight is 233 g/mol. The SMILES string of the molecule is CC(C)(C)Cc1ccc(-c2nn[nH]n2)c(=O)[nH]1. The Morgan fingerprint density at radius 3 is 2.59 bits per heavy atom. The molecule has 0 radical (unpaired) electrons. The van der Waals surface area contributed by atoms with E-state index in [-0.39, 0.29) is 11.0 Å². The highest BCUT2D eigenvalue weighted by Crippen LogP contribution is 2.19. The number of tetrazole rings is 1. The van der Waals surface area contributed by atoms with Crippen LogP contribution in [0.5, 0.6) is 0 Å². The molecule has 0 spiro atoms. The van der Waals surface area contributed by atoms with Crippen molar-refractivity contribution in [1.29, 1.82) is 0 Å². The quantitative estimate of drug-likeness (QED) is 0.814. The number of hydrogen-bond donors (Lipinski definition) is 2. The number of nitrogens with zero attached hydrogens (tertiary/aromatic N) is 3. The zero-order chi connectivity index (χ0) is 12.5. The summed E-state index contributed by atoms with van der Waals surface area (Å²) in [7, 11) is 0. The molecule has 2 aromatic heterocycles. The Morgan fingerprint density at radius 1 is 1.29 bits per heavy atom. The van der Waals surface area contributed by atoms with E-state index in [1.165, 1.54) is 0 Å². The summed E-state index contributed by atoms with van der Waals surface area (Å²) >= 11 is 0. The first-order valence-electron chi connectivity index (χ1n) is 5.42. The van der Waals surface area contributed by atoms with Crippen LogP contribution in [0.1, 0.15) is 26.5 Å². The zero-order valence-corrected chi connectivity index (χ0v) is 10.1. The molecule has 0 unspecified atom stereocenters. The number of pyridine rings is 1. The van der Waals surface area contributed by atoms with Crippen LogP contribution in [0, 0.1) is 5.41 Å². The molecule has 0 fully saturated rings. The second-order valence-corrected chi connectivity index (χ2v) is 5.20. The first-order valence-corrected chi connectivity index (χ1v) is 5.42. The fraction of sp³-hybridized carbons (Fsp3) is 0.455. The van der Waals surface area contributed by atoms with Crippen LogP contribution in [0.15, 0.2) is 16.9 Å². The average Bonchev–Trinajstić information content (AvgIpc) is 2.68. The third kappa shape index (κ3) is 2.77. The maximum absolute atomic E-state index is 11.8. The van der Waals surface area contributed by atoms with Crippen molar-refractivity contribution in [1.82, 2.24) is 25.6 Å². The molecule has 0 bridgehead atoms. The highest BCUT2D eigenvalue weighted by atomic mass is 16.1. The first-order chi connectivity index (χ1) is 7.96. The molecule has 0 amide bonds. The van der Waals surface area contributed by atoms with E-state index in [1.54, 1.807) is 6.07 Å². The summed E-state index contributed by atoms with van der Waals surface area (Å²) < 4.78 is 0. The molecule has 2 aromatic rings. The first kappa shape index (κ1) is 11.5. The Morgan fingerprint density at radius 2 is 2.06 bits per heavy atom. The zero-order valence-electron chi connectivity index (χ0n) is 10.1. The highest BCUT2D eigenvalue weighted by molar-refractivity contribution is 5.51. The summed E-state index contributed by atoms with van der Waals surface area (Å²) in [6, 6.07) is 3.61. The van der Waals surface area contributed by atoms with Gasteiger partial charge in [-0.25, -0.2) is 0 Å². The number of aromatic nitrogens is 5. The maximum Gasteiger partial charge on any atom is 0.259 e. The predicted octanol–water partition coefficient (Wildman–Crippen LogP) is 1.14. The van der Waals surface area contributed by atoms with Gasteiger partial charge in [-0.1, -0.05) is 20.8 Å². The molecule has 90 valence electrons. The van der Waals surface area contributed by atoms with Crippen LogP contribution in [0.2, 0.25) is 0 Å². The summed E-state index contributed by atoms with van der Waals surface area (Å²) in [5.41, 5.74) is 1.29. The summed E-state index contributed by atoms with van der Waals surface area (Å²) in [4.78, 5) is 14.7. The van der Waals surface area contributed by atoms with Crippen LogP contribution < -0.4 is 5.56 Å². The molecule has 2 rings (SSSR count). The van der Waals surface area contributed by atoms with Crippen LogP contribution in [0.25, 0.3) is 11.4 Å². The van der Waals surface area contributed by atoms with Gasteiger partial charge in [-0.3, -0.25) is 4.79 Å². The number of H-pyrrole nitrogens is 2. The highest BCUT2D eigenvalue weighted by Gasteiger charge is 2.14. The molecular weight excluding hydrogens is 218 g/mol. The Labute approximate surface area is 98.5 Å². The molecule has 6 nitrogen and oxygen atoms in total. The van der Waals surface area contributed by atoms with Gasteiger partial charge in [-0.15, -0.1) is 10.2 Å². The van der Waals surface area contributed by atoms with Crippen LogP contribution in [-0.2, 0) is 6.42 Å². The van der Waals surface area contributed by atoms with Gasteiger partial charge >= 0.3 is 0 Å². The van der Waals surface area contributed by atoms with E-state index < -0.39 is 0 Å². The van der Waals surface area contributed by atoms with E-state index in [2.05, 4.69) is 46.4 Å². The Balaban J connectivity index is 2.33. The van der Waals surface area contributed by atoms with Crippen LogP contribution in [0.3, 0.4) is 0 Å². The molecule has 0 aromatic carbocycles. The van der Waals surface area contributed by atoms with Crippen molar-refractivity contribution in [3.8, 4) is 11.4 Å². The monoisotopic (exact) mass is 233 g/mol. The van der Waals surface area contributed by atoms with E-state index in [1.807, 2.05) is 6.07 Å². The summed E-state index contributed by atoms with van der Waals surface area (Å²) in [5.74, 6) is 0.313. The Bertz CT molecular complexity index is 550. The molecule has 2 N–H and O–H groups in total. The number of aromatic amines is 2. The van der Waals surface area contributed by atoms with Gasteiger partial charge in [0.15, 0.2) is 0 Å². The minimum Gasteiger partial charge on any atom is -0.326 e. The lowest BCUT2D eigenvalue weighted by Gasteiger charge is -2.17. The van der Waals surface area contributed by atoms with Gasteiger partial charge in [0, 0.05) is 5.69 Å². The number of hydrogen-bond acceptors (Lipinski definition) is 4. The van der Waals surface area contributed by atoms with Crippen molar-refractivity contribution in [2.75, 3.05) is 0 Å². The largest absolute Gasteiger partial charge is 0.326 e. The molecule has 0 atom stereocenters. The van der Waals surface area contributed by atoms with E-state index in [4.69, 9.17) is 0 Å². The molecule has 0 saturated heterocycles. The summed E-state index contributed by atoms with van der Waals surface area (Å²) in [5, 5.41) is 13.3. The van der Waals surface area contributed by atoms with Crippen molar-refractivity contribution >= 4 is 0 Å². The molecule has 0 saturated carbocycles. The normalized spacial score (nSPS) is 11.7. The molecular formula is C11H15N5O. The van der Waals surface area contributed by atoms with Crippen molar-refractivity contribution < 1.29 is 0 Å². The van der Waals surface area contributed by atoms with Crippen LogP contribution in [0.4, 0.5) is 0 Å². The third-order valence-corrected chi connectivity index (χ3v) is 2.28. The molecule has 0 aliphatic carbocycles. The molecule has 6 heteroatoms. The fourth-order valence-corrected chi connectivity index (χ4v) is 1.64. The lowest BCUT2D eigenvalue weighted by Crippen LogP contribution is -2.16. The van der Waals surface area contributed by atoms with Gasteiger partial charge in [0.05, 0.1) is 5.56 Å². The van der Waals surface area contributed by atoms with Crippen molar-refractivity contribution in [3.05, 3.63) is 28.2 Å². The second kappa shape index (κ2) is 4.12. The molecule has 0 aliphatic heterocycles. The summed E-state index contributed by atoms with van der Waals surface area (Å²) in [6.45, 7) is 6.37. The number of nitrogens with one attached hydrogen (secondary N) is 2. The van der Waals surface area contributed by atoms with Gasteiger partial charge in [0.2, 0.25) is 5.82 Å². The summed E-state index contributed by atoms with van der Waals surface area (Å²) in [6.07, 6.45) is 0.814. The van der Waals surface area contributed by atoms with Gasteiger partial charge in [0.1, 0.15) is 0 Å². The Kier molecular flexibility index (Phi) is 2.79. The van der Waals surface area contributed by atoms with Crippen LogP contribution in [-0.4, -0.2) is 25.6 Å². The van der Waals surface area contributed by atoms with Crippen molar-refractivity contribution in [2.24, 2.45) is 5.41 Å². The molecule has 2 heterocycles. The molecule has 0 aliphatic rings. The molecule has 17 heavy (non-hydrogen) atoms. The standard InChI is InChI=1S/C11H15N5O/c1-11(2,3)6-7-4-5-8(10(17)12-7)9-13-15-16-14-9/h4-5H,6H2,1-3H3,(H,12,17)(H,13,14,15,16). The minimum absolute atomic E-state index is 0.136. The van der Waals surface area contributed by atoms with Gasteiger partial charge < -0.3 is 4.98 Å². The third-order valence-electron chi connectivity index (χ3n) is 2.28. The van der Waals surface area contributed by atoms with Crippen molar-refractivity contribution in [2.45, 2.75) is 27.2 Å². The van der Waals surface area contributed by atoms with E-state index in [9.17, 15) is 4.79 Å².